The van der Waals surface area contributed by atoms with E-state index in [-0.39, 0.29) is 23.4 Å². The average molecular weight is 377 g/mol. The van der Waals surface area contributed by atoms with Gasteiger partial charge in [-0.1, -0.05) is 30.3 Å². The number of halogens is 1. The van der Waals surface area contributed by atoms with Crippen molar-refractivity contribution in [1.82, 2.24) is 10.2 Å². The summed E-state index contributed by atoms with van der Waals surface area (Å²) in [5.74, 6) is -1.09. The molecule has 0 unspecified atom stereocenters. The molecule has 1 aliphatic heterocycles. The maximum Gasteiger partial charge on any atom is 0.256 e. The number of carbonyl (C=O) groups is 2. The highest BCUT2D eigenvalue weighted by Gasteiger charge is 2.25. The smallest absolute Gasteiger partial charge is 0.256 e. The molecule has 1 heterocycles. The largest absolute Gasteiger partial charge is 0.350 e. The summed E-state index contributed by atoms with van der Waals surface area (Å²) in [7, 11) is 0. The first-order valence-electron chi connectivity index (χ1n) is 9.10. The minimum absolute atomic E-state index is 0.0481. The number of piperidine rings is 1. The maximum absolute atomic E-state index is 13.8. The Labute approximate surface area is 163 Å². The zero-order valence-corrected chi connectivity index (χ0v) is 15.3. The third-order valence-corrected chi connectivity index (χ3v) is 4.73. The van der Waals surface area contributed by atoms with Crippen molar-refractivity contribution in [3.8, 4) is 6.07 Å². The molecule has 1 aliphatic rings. The summed E-state index contributed by atoms with van der Waals surface area (Å²) in [4.78, 5) is 26.2. The van der Waals surface area contributed by atoms with Gasteiger partial charge in [0, 0.05) is 25.2 Å². The first kappa shape index (κ1) is 19.3. The van der Waals surface area contributed by atoms with Crippen LogP contribution in [0.4, 0.5) is 4.39 Å². The van der Waals surface area contributed by atoms with E-state index in [0.717, 1.165) is 0 Å². The van der Waals surface area contributed by atoms with Crippen LogP contribution in [0.1, 0.15) is 34.3 Å². The van der Waals surface area contributed by atoms with Gasteiger partial charge in [-0.25, -0.2) is 4.39 Å². The molecule has 0 radical (unpaired) electrons. The Morgan fingerprint density at radius 1 is 1.11 bits per heavy atom. The second-order valence-electron chi connectivity index (χ2n) is 6.59. The van der Waals surface area contributed by atoms with Gasteiger partial charge < -0.3 is 10.2 Å². The predicted molar refractivity (Wildman–Crippen MR) is 104 cm³/mol. The van der Waals surface area contributed by atoms with Crippen LogP contribution in [0.15, 0.2) is 54.6 Å². The Hall–Kier alpha value is -3.46. The molecule has 2 amide bonds. The van der Waals surface area contributed by atoms with Crippen molar-refractivity contribution < 1.29 is 14.0 Å². The Kier molecular flexibility index (Phi) is 6.18. The minimum Gasteiger partial charge on any atom is -0.350 e. The number of hydrogen-bond donors (Lipinski definition) is 1. The van der Waals surface area contributed by atoms with Crippen LogP contribution in [-0.4, -0.2) is 35.8 Å². The molecule has 2 aromatic carbocycles. The fourth-order valence-corrected chi connectivity index (χ4v) is 3.19. The van der Waals surface area contributed by atoms with E-state index in [9.17, 15) is 14.0 Å². The zero-order chi connectivity index (χ0) is 19.9. The highest BCUT2D eigenvalue weighted by molar-refractivity contribution is 5.94. The monoisotopic (exact) mass is 377 g/mol. The summed E-state index contributed by atoms with van der Waals surface area (Å²) in [5.41, 5.74) is 1.26. The SMILES string of the molecule is N#Cc1ccccc1/C=C/C(=O)NC1CCN(C(=O)c2ccccc2F)CC1. The second-order valence-corrected chi connectivity index (χ2v) is 6.59. The van der Waals surface area contributed by atoms with Gasteiger partial charge in [0.2, 0.25) is 5.91 Å². The van der Waals surface area contributed by atoms with Crippen LogP contribution >= 0.6 is 0 Å². The van der Waals surface area contributed by atoms with Crippen LogP contribution < -0.4 is 5.32 Å². The van der Waals surface area contributed by atoms with Crippen molar-refractivity contribution in [3.63, 3.8) is 0 Å². The number of carbonyl (C=O) groups excluding carboxylic acids is 2. The van der Waals surface area contributed by atoms with E-state index in [1.54, 1.807) is 47.4 Å². The Bertz CT molecular complexity index is 941. The number of amides is 2. The Balaban J connectivity index is 1.52. The average Bonchev–Trinajstić information content (AvgIpc) is 2.73. The number of hydrogen-bond acceptors (Lipinski definition) is 3. The minimum atomic E-state index is -0.522. The number of likely N-dealkylation sites (tertiary alicyclic amines) is 1. The van der Waals surface area contributed by atoms with Crippen LogP contribution in [0, 0.1) is 17.1 Å². The molecule has 2 aromatic rings. The van der Waals surface area contributed by atoms with E-state index in [0.29, 0.717) is 37.1 Å². The first-order valence-corrected chi connectivity index (χ1v) is 9.10. The fourth-order valence-electron chi connectivity index (χ4n) is 3.19. The van der Waals surface area contributed by atoms with Crippen LogP contribution in [0.5, 0.6) is 0 Å². The van der Waals surface area contributed by atoms with Crippen molar-refractivity contribution in [3.05, 3.63) is 77.1 Å². The summed E-state index contributed by atoms with van der Waals surface area (Å²) in [5, 5.41) is 12.0. The zero-order valence-electron chi connectivity index (χ0n) is 15.3. The molecule has 0 bridgehead atoms. The van der Waals surface area contributed by atoms with Crippen LogP contribution in [0.3, 0.4) is 0 Å². The summed E-state index contributed by atoms with van der Waals surface area (Å²) in [6.45, 7) is 0.915. The van der Waals surface area contributed by atoms with Gasteiger partial charge in [-0.05, 0) is 42.7 Å². The molecule has 1 N–H and O–H groups in total. The van der Waals surface area contributed by atoms with Gasteiger partial charge in [-0.2, -0.15) is 5.26 Å². The van der Waals surface area contributed by atoms with Gasteiger partial charge >= 0.3 is 0 Å². The van der Waals surface area contributed by atoms with Gasteiger partial charge in [0.05, 0.1) is 17.2 Å². The van der Waals surface area contributed by atoms with E-state index in [1.807, 2.05) is 0 Å². The summed E-state index contributed by atoms with van der Waals surface area (Å²) >= 11 is 0. The highest BCUT2D eigenvalue weighted by Crippen LogP contribution is 2.16. The Morgan fingerprint density at radius 2 is 1.79 bits per heavy atom. The number of nitriles is 1. The third kappa shape index (κ3) is 4.63. The lowest BCUT2D eigenvalue weighted by atomic mass is 10.0. The topological polar surface area (TPSA) is 73.2 Å². The van der Waals surface area contributed by atoms with Crippen molar-refractivity contribution in [1.29, 1.82) is 5.26 Å². The molecule has 0 spiro atoms. The second kappa shape index (κ2) is 8.96. The van der Waals surface area contributed by atoms with E-state index >= 15 is 0 Å². The van der Waals surface area contributed by atoms with Gasteiger partial charge in [0.1, 0.15) is 5.82 Å². The van der Waals surface area contributed by atoms with E-state index in [2.05, 4.69) is 11.4 Å². The molecule has 0 saturated carbocycles. The number of benzene rings is 2. The molecule has 0 aromatic heterocycles. The van der Waals surface area contributed by atoms with Crippen LogP contribution in [0.2, 0.25) is 0 Å². The van der Waals surface area contributed by atoms with Gasteiger partial charge in [-0.15, -0.1) is 0 Å². The van der Waals surface area contributed by atoms with E-state index in [1.165, 1.54) is 18.2 Å². The predicted octanol–water partition coefficient (Wildman–Crippen LogP) is 3.13. The molecule has 5 nitrogen and oxygen atoms in total. The van der Waals surface area contributed by atoms with Gasteiger partial charge in [0.15, 0.2) is 0 Å². The van der Waals surface area contributed by atoms with Crippen molar-refractivity contribution >= 4 is 17.9 Å². The molecular formula is C22H20FN3O2. The summed E-state index contributed by atoms with van der Waals surface area (Å²) in [6, 6.07) is 15.0. The fraction of sp³-hybridized carbons (Fsp3) is 0.227. The molecular weight excluding hydrogens is 357 g/mol. The lowest BCUT2D eigenvalue weighted by Crippen LogP contribution is -2.46. The van der Waals surface area contributed by atoms with Gasteiger partial charge in [-0.3, -0.25) is 9.59 Å². The standard InChI is InChI=1S/C22H20FN3O2/c23-20-8-4-3-7-19(20)22(28)26-13-11-18(12-14-26)25-21(27)10-9-16-5-1-2-6-17(16)15-24/h1-10,18H,11-14H2,(H,25,27)/b10-9+. The van der Waals surface area contributed by atoms with E-state index in [4.69, 9.17) is 5.26 Å². The van der Waals surface area contributed by atoms with Crippen LogP contribution in [-0.2, 0) is 4.79 Å². The number of nitrogens with zero attached hydrogens (tertiary/aromatic N) is 2. The van der Waals surface area contributed by atoms with Crippen molar-refractivity contribution in [2.24, 2.45) is 0 Å². The first-order chi connectivity index (χ1) is 13.6. The van der Waals surface area contributed by atoms with Crippen LogP contribution in [0.25, 0.3) is 6.08 Å². The molecule has 142 valence electrons. The van der Waals surface area contributed by atoms with Crippen molar-refractivity contribution in [2.75, 3.05) is 13.1 Å². The van der Waals surface area contributed by atoms with E-state index < -0.39 is 5.82 Å². The molecule has 1 saturated heterocycles. The summed E-state index contributed by atoms with van der Waals surface area (Å²) < 4.78 is 13.8. The number of nitrogens with one attached hydrogen (secondary N) is 1. The lowest BCUT2D eigenvalue weighted by Gasteiger charge is -2.32. The normalized spacial score (nSPS) is 14.6. The molecule has 0 aliphatic carbocycles. The molecule has 0 atom stereocenters. The molecule has 6 heteroatoms. The highest BCUT2D eigenvalue weighted by atomic mass is 19.1. The molecule has 1 fully saturated rings. The van der Waals surface area contributed by atoms with Gasteiger partial charge in [0.25, 0.3) is 5.91 Å². The Morgan fingerprint density at radius 3 is 2.50 bits per heavy atom. The molecule has 3 rings (SSSR count). The third-order valence-electron chi connectivity index (χ3n) is 4.73. The molecule has 28 heavy (non-hydrogen) atoms. The summed E-state index contributed by atoms with van der Waals surface area (Å²) in [6.07, 6.45) is 4.24. The van der Waals surface area contributed by atoms with Crippen molar-refractivity contribution in [2.45, 2.75) is 18.9 Å². The lowest BCUT2D eigenvalue weighted by molar-refractivity contribution is -0.117. The maximum atomic E-state index is 13.8. The quantitative estimate of drug-likeness (QED) is 0.832. The number of rotatable bonds is 4.